The van der Waals surface area contributed by atoms with Gasteiger partial charge in [0.15, 0.2) is 16.7 Å². The third-order valence-corrected chi connectivity index (χ3v) is 7.18. The van der Waals surface area contributed by atoms with Crippen LogP contribution in [0.5, 0.6) is 11.5 Å². The highest BCUT2D eigenvalue weighted by molar-refractivity contribution is 14.1. The van der Waals surface area contributed by atoms with Gasteiger partial charge in [-0.2, -0.15) is 0 Å². The van der Waals surface area contributed by atoms with Crippen molar-refractivity contribution in [3.05, 3.63) is 84.6 Å². The van der Waals surface area contributed by atoms with Gasteiger partial charge >= 0.3 is 5.97 Å². The maximum Gasteiger partial charge on any atom is 0.341 e. The Bertz CT molecular complexity index is 1310. The van der Waals surface area contributed by atoms with E-state index in [9.17, 15) is 14.7 Å². The minimum Gasteiger partial charge on any atom is -0.490 e. The van der Waals surface area contributed by atoms with E-state index in [1.54, 1.807) is 17.9 Å². The zero-order valence-electron chi connectivity index (χ0n) is 21.9. The van der Waals surface area contributed by atoms with Gasteiger partial charge in [-0.15, -0.1) is 0 Å². The summed E-state index contributed by atoms with van der Waals surface area (Å²) >= 11 is 8.48. The Balaban J connectivity index is 1.99. The van der Waals surface area contributed by atoms with E-state index in [0.717, 1.165) is 11.1 Å². The summed E-state index contributed by atoms with van der Waals surface area (Å²) in [5.41, 5.74) is 0.414. The molecule has 2 heterocycles. The zero-order chi connectivity index (χ0) is 27.9. The molecule has 0 aliphatic rings. The van der Waals surface area contributed by atoms with Crippen LogP contribution in [0.4, 0.5) is 0 Å². The number of hydrogen-bond acceptors (Lipinski definition) is 6. The van der Waals surface area contributed by atoms with Crippen molar-refractivity contribution in [2.45, 2.75) is 46.3 Å². The summed E-state index contributed by atoms with van der Waals surface area (Å²) < 4.78 is 19.2. The van der Waals surface area contributed by atoms with Crippen LogP contribution >= 0.6 is 34.2 Å². The van der Waals surface area contributed by atoms with Crippen LogP contribution in [0.3, 0.4) is 0 Å². The van der Waals surface area contributed by atoms with Crippen molar-refractivity contribution in [2.75, 3.05) is 20.3 Å². The number of benzene rings is 1. The first-order chi connectivity index (χ1) is 18.0. The second-order valence-electron chi connectivity index (χ2n) is 9.90. The largest absolute Gasteiger partial charge is 0.490 e. The van der Waals surface area contributed by atoms with Gasteiger partial charge in [-0.05, 0) is 51.6 Å². The van der Waals surface area contributed by atoms with Crippen LogP contribution in [0, 0.1) is 9.12 Å². The summed E-state index contributed by atoms with van der Waals surface area (Å²) in [7, 11) is 1.63. The van der Waals surface area contributed by atoms with E-state index in [-0.39, 0.29) is 34.5 Å². The number of nitrogens with zero attached hydrogens (tertiary/aromatic N) is 2. The van der Waals surface area contributed by atoms with E-state index >= 15 is 0 Å². The molecule has 0 saturated carbocycles. The first kappa shape index (κ1) is 29.9. The average molecular weight is 655 g/mol. The van der Waals surface area contributed by atoms with Crippen LogP contribution in [0.25, 0.3) is 0 Å². The maximum atomic E-state index is 12.9. The van der Waals surface area contributed by atoms with Gasteiger partial charge in [-0.3, -0.25) is 4.79 Å². The van der Waals surface area contributed by atoms with Gasteiger partial charge < -0.3 is 23.9 Å². The number of pyridine rings is 2. The number of halogens is 2. The number of aromatic carboxylic acids is 1. The van der Waals surface area contributed by atoms with Gasteiger partial charge in [0, 0.05) is 32.4 Å². The number of carbonyl (C=O) groups is 1. The summed E-state index contributed by atoms with van der Waals surface area (Å²) in [5.74, 6) is -0.853. The highest BCUT2D eigenvalue weighted by atomic mass is 127. The molecule has 8 nitrogen and oxygen atoms in total. The van der Waals surface area contributed by atoms with Crippen molar-refractivity contribution in [2.24, 2.45) is 5.41 Å². The van der Waals surface area contributed by atoms with Crippen molar-refractivity contribution in [3.63, 3.8) is 0 Å². The number of carboxylic acids is 1. The average Bonchev–Trinajstić information content (AvgIpc) is 2.86. The van der Waals surface area contributed by atoms with Crippen molar-refractivity contribution in [1.29, 1.82) is 0 Å². The lowest BCUT2D eigenvalue weighted by Crippen LogP contribution is -2.30. The number of carboxylic acid groups (broad SMARTS) is 1. The molecule has 0 spiro atoms. The number of rotatable bonds is 12. The van der Waals surface area contributed by atoms with E-state index in [0.29, 0.717) is 35.5 Å². The Morgan fingerprint density at radius 1 is 1.13 bits per heavy atom. The lowest BCUT2D eigenvalue weighted by Gasteiger charge is -2.34. The second-order valence-corrected chi connectivity index (χ2v) is 11.3. The lowest BCUT2D eigenvalue weighted by atomic mass is 9.83. The van der Waals surface area contributed by atoms with E-state index in [4.69, 9.17) is 25.8 Å². The van der Waals surface area contributed by atoms with Crippen LogP contribution in [-0.4, -0.2) is 41.0 Å². The highest BCUT2D eigenvalue weighted by Gasteiger charge is 2.29. The Labute approximate surface area is 241 Å². The van der Waals surface area contributed by atoms with Crippen LogP contribution in [-0.2, 0) is 17.8 Å². The summed E-state index contributed by atoms with van der Waals surface area (Å²) in [6.07, 6.45) is 4.17. The molecule has 3 rings (SSSR count). The molecule has 0 radical (unpaired) electrons. The molecule has 1 aromatic carbocycles. The number of ether oxygens (including phenoxy) is 3. The monoisotopic (exact) mass is 654 g/mol. The zero-order valence-corrected chi connectivity index (χ0v) is 24.8. The molecule has 0 saturated heterocycles. The van der Waals surface area contributed by atoms with Gasteiger partial charge in [0.2, 0.25) is 5.43 Å². The molecular weight excluding hydrogens is 623 g/mol. The quantitative estimate of drug-likeness (QED) is 0.145. The molecule has 1 atom stereocenters. The van der Waals surface area contributed by atoms with Crippen LogP contribution in [0.2, 0.25) is 5.15 Å². The van der Waals surface area contributed by atoms with Crippen LogP contribution < -0.4 is 14.9 Å². The summed E-state index contributed by atoms with van der Waals surface area (Å²) in [4.78, 5) is 29.4. The summed E-state index contributed by atoms with van der Waals surface area (Å²) in [6, 6.07) is 11.0. The fraction of sp³-hybridized carbons (Fsp3) is 0.393. The molecule has 10 heteroatoms. The third kappa shape index (κ3) is 7.94. The smallest absolute Gasteiger partial charge is 0.341 e. The summed E-state index contributed by atoms with van der Waals surface area (Å²) in [6.45, 7) is 7.31. The highest BCUT2D eigenvalue weighted by Crippen LogP contribution is 2.37. The summed E-state index contributed by atoms with van der Waals surface area (Å²) in [5, 5.41) is 10.1. The van der Waals surface area contributed by atoms with Crippen LogP contribution in [0.15, 0.2) is 53.6 Å². The first-order valence-corrected chi connectivity index (χ1v) is 13.6. The van der Waals surface area contributed by atoms with E-state index in [2.05, 4.69) is 48.3 Å². The van der Waals surface area contributed by atoms with Gasteiger partial charge in [-0.1, -0.05) is 62.7 Å². The Morgan fingerprint density at radius 2 is 1.84 bits per heavy atom. The number of hydrogen-bond donors (Lipinski definition) is 1. The van der Waals surface area contributed by atoms with E-state index < -0.39 is 11.4 Å². The molecule has 38 heavy (non-hydrogen) atoms. The van der Waals surface area contributed by atoms with E-state index in [1.165, 1.54) is 6.20 Å². The number of methoxy groups -OCH3 is 1. The molecule has 3 aromatic rings. The van der Waals surface area contributed by atoms with E-state index in [1.807, 2.05) is 36.4 Å². The van der Waals surface area contributed by atoms with Crippen molar-refractivity contribution in [3.8, 4) is 11.5 Å². The Kier molecular flexibility index (Phi) is 10.6. The molecule has 0 aliphatic heterocycles. The van der Waals surface area contributed by atoms with Crippen molar-refractivity contribution < 1.29 is 24.1 Å². The lowest BCUT2D eigenvalue weighted by molar-refractivity contribution is 0.0692. The molecule has 0 aliphatic carbocycles. The fourth-order valence-corrected chi connectivity index (χ4v) is 4.88. The minimum absolute atomic E-state index is 0.0194. The number of aromatic nitrogens is 2. The van der Waals surface area contributed by atoms with Gasteiger partial charge in [0.1, 0.15) is 15.9 Å². The fourth-order valence-electron chi connectivity index (χ4n) is 3.93. The molecule has 2 aromatic heterocycles. The molecule has 0 amide bonds. The van der Waals surface area contributed by atoms with Crippen LogP contribution in [0.1, 0.15) is 54.7 Å². The maximum absolute atomic E-state index is 12.9. The molecule has 1 N–H and O–H groups in total. The third-order valence-electron chi connectivity index (χ3n) is 5.97. The van der Waals surface area contributed by atoms with Crippen molar-refractivity contribution in [1.82, 2.24) is 9.55 Å². The Hall–Kier alpha value is -2.63. The predicted molar refractivity (Wildman–Crippen MR) is 155 cm³/mol. The normalized spacial score (nSPS) is 12.3. The Morgan fingerprint density at radius 3 is 2.47 bits per heavy atom. The van der Waals surface area contributed by atoms with Crippen molar-refractivity contribution >= 4 is 40.2 Å². The first-order valence-electron chi connectivity index (χ1n) is 12.1. The second kappa shape index (κ2) is 13.4. The van der Waals surface area contributed by atoms with Gasteiger partial charge in [0.25, 0.3) is 0 Å². The van der Waals surface area contributed by atoms with Gasteiger partial charge in [0.05, 0.1) is 12.8 Å². The predicted octanol–water partition coefficient (Wildman–Crippen LogP) is 6.02. The molecule has 1 unspecified atom stereocenters. The molecular formula is C28H32ClIN2O6. The molecule has 204 valence electrons. The molecule has 0 bridgehead atoms. The van der Waals surface area contributed by atoms with Gasteiger partial charge in [-0.25, -0.2) is 9.78 Å². The minimum atomic E-state index is -1.31. The molecule has 0 fully saturated rings. The standard InChI is InChI=1S/C28H32ClIN2O6/c1-28(2,3)23(14-19-13-21(25(29)31-26(19)30)37-12-8-11-36-4)32-15-20(27(34)35)24(33)22(16-32)38-17-18-9-6-5-7-10-18/h5-7,9-10,13,15-16,23H,8,11-12,14,17H2,1-4H3,(H,34,35). The topological polar surface area (TPSA) is 99.9 Å². The SMILES string of the molecule is COCCCOc1cc(CC(n2cc(OCc3ccccc3)c(=O)c(C(=O)O)c2)C(C)(C)C)c(I)nc1Cl.